The number of halogens is 1. The van der Waals surface area contributed by atoms with Gasteiger partial charge in [-0.2, -0.15) is 5.10 Å². The molecule has 0 atom stereocenters. The van der Waals surface area contributed by atoms with Gasteiger partial charge < -0.3 is 15.4 Å². The van der Waals surface area contributed by atoms with E-state index in [4.69, 9.17) is 4.74 Å². The molecule has 7 heteroatoms. The summed E-state index contributed by atoms with van der Waals surface area (Å²) >= 11 is 0. The summed E-state index contributed by atoms with van der Waals surface area (Å²) in [7, 11) is 0. The molecule has 1 aliphatic heterocycles. The zero-order valence-electron chi connectivity index (χ0n) is 15.2. The molecule has 1 amide bonds. The van der Waals surface area contributed by atoms with Crippen molar-refractivity contribution in [2.24, 2.45) is 11.8 Å². The van der Waals surface area contributed by atoms with Crippen molar-refractivity contribution in [1.29, 1.82) is 0 Å². The number of hydrogen-bond donors (Lipinski definition) is 2. The molecule has 6 nitrogen and oxygen atoms in total. The fourth-order valence-electron chi connectivity index (χ4n) is 3.17. The number of nitrogens with zero attached hydrogens (tertiary/aromatic N) is 2. The predicted molar refractivity (Wildman–Crippen MR) is 104 cm³/mol. The highest BCUT2D eigenvalue weighted by molar-refractivity contribution is 5.99. The highest BCUT2D eigenvalue weighted by Crippen LogP contribution is 2.28. The van der Waals surface area contributed by atoms with Gasteiger partial charge in [-0.15, -0.1) is 12.4 Å². The first-order valence-corrected chi connectivity index (χ1v) is 9.23. The molecule has 1 aromatic carbocycles. The third kappa shape index (κ3) is 4.55. The van der Waals surface area contributed by atoms with Gasteiger partial charge in [-0.3, -0.25) is 9.48 Å². The van der Waals surface area contributed by atoms with Crippen LogP contribution in [0.5, 0.6) is 0 Å². The molecule has 2 fully saturated rings. The maximum Gasteiger partial charge on any atom is 0.251 e. The van der Waals surface area contributed by atoms with E-state index in [0.29, 0.717) is 19.1 Å². The summed E-state index contributed by atoms with van der Waals surface area (Å²) < 4.78 is 7.57. The Labute approximate surface area is 160 Å². The van der Waals surface area contributed by atoms with E-state index in [2.05, 4.69) is 15.7 Å². The Morgan fingerprint density at radius 1 is 1.35 bits per heavy atom. The van der Waals surface area contributed by atoms with Crippen LogP contribution in [0.2, 0.25) is 0 Å². The molecular formula is C19H27ClN4O2. The van der Waals surface area contributed by atoms with Crippen molar-refractivity contribution in [2.45, 2.75) is 26.3 Å². The highest BCUT2D eigenvalue weighted by Gasteiger charge is 2.21. The smallest absolute Gasteiger partial charge is 0.251 e. The predicted octanol–water partition coefficient (Wildman–Crippen LogP) is 2.14. The van der Waals surface area contributed by atoms with E-state index in [-0.39, 0.29) is 18.3 Å². The molecule has 0 bridgehead atoms. The van der Waals surface area contributed by atoms with Gasteiger partial charge in [0.25, 0.3) is 5.91 Å². The number of aryl methyl sites for hydroxylation is 1. The van der Waals surface area contributed by atoms with Crippen molar-refractivity contribution in [3.05, 3.63) is 29.5 Å². The summed E-state index contributed by atoms with van der Waals surface area (Å²) in [5, 5.41) is 11.9. The monoisotopic (exact) mass is 378 g/mol. The van der Waals surface area contributed by atoms with Gasteiger partial charge in [-0.05, 0) is 43.4 Å². The van der Waals surface area contributed by atoms with Crippen LogP contribution in [0.4, 0.5) is 0 Å². The zero-order chi connectivity index (χ0) is 17.2. The fourth-order valence-corrected chi connectivity index (χ4v) is 3.17. The van der Waals surface area contributed by atoms with Gasteiger partial charge in [-0.25, -0.2) is 0 Å². The zero-order valence-corrected chi connectivity index (χ0v) is 16.0. The van der Waals surface area contributed by atoms with E-state index in [1.54, 1.807) is 0 Å². The van der Waals surface area contributed by atoms with Crippen molar-refractivity contribution in [2.75, 3.05) is 32.8 Å². The average Bonchev–Trinajstić information content (AvgIpc) is 3.29. The minimum Gasteiger partial charge on any atom is -0.379 e. The van der Waals surface area contributed by atoms with Gasteiger partial charge in [0.1, 0.15) is 0 Å². The minimum atomic E-state index is -0.0367. The van der Waals surface area contributed by atoms with Crippen molar-refractivity contribution in [1.82, 2.24) is 20.4 Å². The summed E-state index contributed by atoms with van der Waals surface area (Å²) in [5.41, 5.74) is 2.63. The number of carbonyl (C=O) groups is 1. The first-order valence-electron chi connectivity index (χ1n) is 9.23. The Balaban J connectivity index is 0.00000196. The molecule has 142 valence electrons. The molecule has 26 heavy (non-hydrogen) atoms. The molecule has 1 saturated carbocycles. The molecule has 0 unspecified atom stereocenters. The highest BCUT2D eigenvalue weighted by atomic mass is 35.5. The second kappa shape index (κ2) is 8.37. The van der Waals surface area contributed by atoms with Crippen molar-refractivity contribution in [3.8, 4) is 0 Å². The lowest BCUT2D eigenvalue weighted by Gasteiger charge is -2.26. The van der Waals surface area contributed by atoms with Gasteiger partial charge in [0, 0.05) is 55.9 Å². The van der Waals surface area contributed by atoms with Crippen LogP contribution in [0.1, 0.15) is 28.8 Å². The number of hydrogen-bond acceptors (Lipinski definition) is 4. The number of nitrogens with one attached hydrogen (secondary N) is 2. The lowest BCUT2D eigenvalue weighted by Crippen LogP contribution is -2.44. The average molecular weight is 379 g/mol. The molecule has 0 radical (unpaired) electrons. The molecule has 2 heterocycles. The maximum atomic E-state index is 12.5. The molecule has 0 spiro atoms. The Bertz CT molecular complexity index is 768. The number of ether oxygens (including phenoxy) is 1. The van der Waals surface area contributed by atoms with Crippen LogP contribution < -0.4 is 10.6 Å². The number of carbonyl (C=O) groups excluding carboxylic acids is 1. The second-order valence-electron chi connectivity index (χ2n) is 7.38. The molecule has 2 N–H and O–H groups in total. The molecular weight excluding hydrogens is 352 g/mol. The van der Waals surface area contributed by atoms with Gasteiger partial charge in [0.2, 0.25) is 0 Å². The Morgan fingerprint density at radius 3 is 2.85 bits per heavy atom. The van der Waals surface area contributed by atoms with Crippen LogP contribution >= 0.6 is 12.4 Å². The molecule has 1 saturated heterocycles. The van der Waals surface area contributed by atoms with Crippen LogP contribution in [0, 0.1) is 18.8 Å². The Hall–Kier alpha value is -1.63. The molecule has 1 aliphatic carbocycles. The van der Waals surface area contributed by atoms with Gasteiger partial charge >= 0.3 is 0 Å². The first-order chi connectivity index (χ1) is 12.2. The van der Waals surface area contributed by atoms with Gasteiger partial charge in [-0.1, -0.05) is 0 Å². The minimum absolute atomic E-state index is 0. The number of rotatable bonds is 8. The summed E-state index contributed by atoms with van der Waals surface area (Å²) in [4.78, 5) is 12.5. The normalized spacial score (nSPS) is 17.0. The Kier molecular flexibility index (Phi) is 6.16. The number of aromatic nitrogens is 2. The van der Waals surface area contributed by atoms with E-state index < -0.39 is 0 Å². The summed E-state index contributed by atoms with van der Waals surface area (Å²) in [6.45, 7) is 6.98. The third-order valence-electron chi connectivity index (χ3n) is 5.04. The van der Waals surface area contributed by atoms with Crippen molar-refractivity contribution in [3.63, 3.8) is 0 Å². The van der Waals surface area contributed by atoms with Crippen LogP contribution in [0.3, 0.4) is 0 Å². The standard InChI is InChI=1S/C19H26N4O2.ClH/c1-13-6-18-16(11-23(22-18)10-15-8-20-9-15)7-17(13)19(24)21-4-5-25-12-14-2-3-14;/h6-7,11,14-15,20H,2-5,8-10,12H2,1H3,(H,21,24);1H. The van der Waals surface area contributed by atoms with Gasteiger partial charge in [0.15, 0.2) is 0 Å². The summed E-state index contributed by atoms with van der Waals surface area (Å²) in [6.07, 6.45) is 4.62. The van der Waals surface area contributed by atoms with Crippen LogP contribution in [-0.2, 0) is 11.3 Å². The van der Waals surface area contributed by atoms with Crippen LogP contribution in [0.25, 0.3) is 10.9 Å². The van der Waals surface area contributed by atoms with Crippen LogP contribution in [-0.4, -0.2) is 48.5 Å². The van der Waals surface area contributed by atoms with Crippen molar-refractivity contribution < 1.29 is 9.53 Å². The largest absolute Gasteiger partial charge is 0.379 e. The molecule has 1 aromatic heterocycles. The van der Waals surface area contributed by atoms with Crippen LogP contribution in [0.15, 0.2) is 18.3 Å². The van der Waals surface area contributed by atoms with E-state index in [9.17, 15) is 4.79 Å². The van der Waals surface area contributed by atoms with E-state index in [1.165, 1.54) is 12.8 Å². The van der Waals surface area contributed by atoms with Crippen molar-refractivity contribution >= 4 is 29.2 Å². The quantitative estimate of drug-likeness (QED) is 0.690. The number of fused-ring (bicyclic) bond motifs is 1. The van der Waals surface area contributed by atoms with E-state index in [0.717, 1.165) is 54.2 Å². The SMILES string of the molecule is Cc1cc2nn(CC3CNC3)cc2cc1C(=O)NCCOCC1CC1.Cl. The third-order valence-corrected chi connectivity index (χ3v) is 5.04. The van der Waals surface area contributed by atoms with E-state index >= 15 is 0 Å². The Morgan fingerprint density at radius 2 is 2.15 bits per heavy atom. The summed E-state index contributed by atoms with van der Waals surface area (Å²) in [6, 6.07) is 3.96. The molecule has 2 aliphatic rings. The first kappa shape index (κ1) is 19.1. The maximum absolute atomic E-state index is 12.5. The lowest BCUT2D eigenvalue weighted by molar-refractivity contribution is 0.0906. The summed E-state index contributed by atoms with van der Waals surface area (Å²) in [5.74, 6) is 1.38. The number of amides is 1. The lowest BCUT2D eigenvalue weighted by atomic mass is 10.0. The molecule has 4 rings (SSSR count). The van der Waals surface area contributed by atoms with Gasteiger partial charge in [0.05, 0.1) is 12.1 Å². The topological polar surface area (TPSA) is 68.2 Å². The fraction of sp³-hybridized carbons (Fsp3) is 0.579. The number of benzene rings is 1. The van der Waals surface area contributed by atoms with E-state index in [1.807, 2.05) is 29.9 Å². The second-order valence-corrected chi connectivity index (χ2v) is 7.38. The molecule has 2 aromatic rings.